The number of nitrogens with one attached hydrogen (secondary N) is 1. The number of rotatable bonds is 4. The smallest absolute Gasteiger partial charge is 0.348 e. The predicted octanol–water partition coefficient (Wildman–Crippen LogP) is 2.30. The van der Waals surface area contributed by atoms with Crippen LogP contribution in [-0.4, -0.2) is 40.0 Å². The van der Waals surface area contributed by atoms with Crippen LogP contribution in [0.15, 0.2) is 18.2 Å². The number of carbonyl (C=O) groups excluding carboxylic acids is 1. The quantitative estimate of drug-likeness (QED) is 0.929. The molecule has 5 nitrogen and oxygen atoms in total. The topological polar surface area (TPSA) is 50.2 Å². The zero-order valence-corrected chi connectivity index (χ0v) is 13.4. The van der Waals surface area contributed by atoms with Crippen molar-refractivity contribution in [3.8, 4) is 0 Å². The molecule has 0 radical (unpaired) electrons. The third-order valence-corrected chi connectivity index (χ3v) is 4.31. The number of nitrogens with zero attached hydrogens (tertiary/aromatic N) is 3. The van der Waals surface area contributed by atoms with E-state index in [-0.39, 0.29) is 18.0 Å². The summed E-state index contributed by atoms with van der Waals surface area (Å²) in [6.07, 6.45) is -2.17. The van der Waals surface area contributed by atoms with Gasteiger partial charge in [0.1, 0.15) is 5.82 Å². The van der Waals surface area contributed by atoms with Gasteiger partial charge in [-0.25, -0.2) is 4.98 Å². The van der Waals surface area contributed by atoms with Gasteiger partial charge in [0.15, 0.2) is 0 Å². The van der Waals surface area contributed by atoms with E-state index in [9.17, 15) is 18.0 Å². The van der Waals surface area contributed by atoms with Crippen LogP contribution in [0.1, 0.15) is 24.2 Å². The lowest BCUT2D eigenvalue weighted by atomic mass is 10.2. The molecule has 1 fully saturated rings. The molecule has 1 amide bonds. The second-order valence-corrected chi connectivity index (χ2v) is 6.05. The number of carbonyl (C=O) groups is 1. The van der Waals surface area contributed by atoms with Crippen molar-refractivity contribution >= 4 is 16.9 Å². The summed E-state index contributed by atoms with van der Waals surface area (Å²) in [5, 5.41) is 2.79. The number of likely N-dealkylation sites (tertiary alicyclic amines) is 1. The Morgan fingerprint density at radius 2 is 2.00 bits per heavy atom. The van der Waals surface area contributed by atoms with Gasteiger partial charge in [0, 0.05) is 7.05 Å². The minimum absolute atomic E-state index is 0.0973. The van der Waals surface area contributed by atoms with E-state index in [0.717, 1.165) is 38.1 Å². The summed E-state index contributed by atoms with van der Waals surface area (Å²) in [6, 6.07) is 3.48. The van der Waals surface area contributed by atoms with Gasteiger partial charge in [-0.1, -0.05) is 0 Å². The summed E-state index contributed by atoms with van der Waals surface area (Å²) in [5.41, 5.74) is 0.153. The average Bonchev–Trinajstić information content (AvgIpc) is 3.12. The molecule has 0 unspecified atom stereocenters. The first-order valence-electron chi connectivity index (χ1n) is 7.86. The van der Waals surface area contributed by atoms with E-state index in [0.29, 0.717) is 17.9 Å². The lowest BCUT2D eigenvalue weighted by Crippen LogP contribution is -2.35. The Kier molecular flexibility index (Phi) is 4.49. The highest BCUT2D eigenvalue weighted by Crippen LogP contribution is 2.31. The van der Waals surface area contributed by atoms with Crippen molar-refractivity contribution < 1.29 is 18.0 Å². The molecule has 1 N–H and O–H groups in total. The lowest BCUT2D eigenvalue weighted by Gasteiger charge is -2.13. The number of halogens is 3. The van der Waals surface area contributed by atoms with Crippen molar-refractivity contribution in [2.24, 2.45) is 7.05 Å². The van der Waals surface area contributed by atoms with Gasteiger partial charge in [0.05, 0.1) is 29.7 Å². The fraction of sp³-hybridized carbons (Fsp3) is 0.500. The molecular formula is C16H19F3N4O. The molecule has 3 rings (SSSR count). The van der Waals surface area contributed by atoms with Crippen molar-refractivity contribution in [1.29, 1.82) is 0 Å². The number of aromatic nitrogens is 2. The first-order valence-corrected chi connectivity index (χ1v) is 7.86. The molecular weight excluding hydrogens is 321 g/mol. The summed E-state index contributed by atoms with van der Waals surface area (Å²) in [4.78, 5) is 18.3. The highest BCUT2D eigenvalue weighted by molar-refractivity contribution is 5.79. The first-order chi connectivity index (χ1) is 11.3. The van der Waals surface area contributed by atoms with Crippen molar-refractivity contribution in [3.05, 3.63) is 29.6 Å². The summed E-state index contributed by atoms with van der Waals surface area (Å²) in [7, 11) is 1.73. The fourth-order valence-electron chi connectivity index (χ4n) is 2.96. The summed E-state index contributed by atoms with van der Waals surface area (Å²) >= 11 is 0. The van der Waals surface area contributed by atoms with Crippen LogP contribution >= 0.6 is 0 Å². The number of hydrogen-bond donors (Lipinski definition) is 1. The molecule has 0 atom stereocenters. The molecule has 24 heavy (non-hydrogen) atoms. The SMILES string of the molecule is Cn1c(CNC(=O)CN2CCCC2)nc2cc(C(F)(F)F)ccc21. The second kappa shape index (κ2) is 6.43. The van der Waals surface area contributed by atoms with Crippen LogP contribution < -0.4 is 5.32 Å². The van der Waals surface area contributed by atoms with Crippen LogP contribution in [0, 0.1) is 0 Å². The minimum Gasteiger partial charge on any atom is -0.348 e. The van der Waals surface area contributed by atoms with Crippen molar-refractivity contribution in [2.45, 2.75) is 25.6 Å². The standard InChI is InChI=1S/C16H19F3N4O/c1-22-13-5-4-11(16(17,18)19)8-12(13)21-14(22)9-20-15(24)10-23-6-2-3-7-23/h4-5,8H,2-3,6-7,9-10H2,1H3,(H,20,24). The molecule has 2 aromatic rings. The van der Waals surface area contributed by atoms with E-state index in [2.05, 4.69) is 15.2 Å². The van der Waals surface area contributed by atoms with Crippen LogP contribution in [0.4, 0.5) is 13.2 Å². The zero-order valence-electron chi connectivity index (χ0n) is 13.4. The predicted molar refractivity (Wildman–Crippen MR) is 83.2 cm³/mol. The van der Waals surface area contributed by atoms with Crippen LogP contribution in [-0.2, 0) is 24.6 Å². The van der Waals surface area contributed by atoms with E-state index >= 15 is 0 Å². The molecule has 1 aromatic heterocycles. The number of alkyl halides is 3. The fourth-order valence-corrected chi connectivity index (χ4v) is 2.96. The molecule has 8 heteroatoms. The normalized spacial score (nSPS) is 16.0. The van der Waals surface area contributed by atoms with Crippen LogP contribution in [0.25, 0.3) is 11.0 Å². The molecule has 1 aliphatic heterocycles. The maximum Gasteiger partial charge on any atom is 0.416 e. The van der Waals surface area contributed by atoms with Crippen molar-refractivity contribution in [3.63, 3.8) is 0 Å². The third-order valence-electron chi connectivity index (χ3n) is 4.31. The molecule has 0 aliphatic carbocycles. The molecule has 1 aromatic carbocycles. The van der Waals surface area contributed by atoms with Gasteiger partial charge in [0.25, 0.3) is 0 Å². The molecule has 0 spiro atoms. The summed E-state index contributed by atoms with van der Waals surface area (Å²) < 4.78 is 40.0. The molecule has 0 saturated carbocycles. The Labute approximate surface area is 137 Å². The van der Waals surface area contributed by atoms with E-state index in [1.54, 1.807) is 11.6 Å². The second-order valence-electron chi connectivity index (χ2n) is 6.05. The van der Waals surface area contributed by atoms with Gasteiger partial charge < -0.3 is 9.88 Å². The van der Waals surface area contributed by atoms with Crippen LogP contribution in [0.3, 0.4) is 0 Å². The Bertz CT molecular complexity index is 748. The van der Waals surface area contributed by atoms with Gasteiger partial charge >= 0.3 is 6.18 Å². The largest absolute Gasteiger partial charge is 0.416 e. The van der Waals surface area contributed by atoms with Crippen molar-refractivity contribution in [2.75, 3.05) is 19.6 Å². The molecule has 130 valence electrons. The maximum atomic E-state index is 12.8. The number of benzene rings is 1. The number of amides is 1. The molecule has 2 heterocycles. The Morgan fingerprint density at radius 1 is 1.29 bits per heavy atom. The Hall–Kier alpha value is -2.09. The van der Waals surface area contributed by atoms with Crippen LogP contribution in [0.5, 0.6) is 0 Å². The van der Waals surface area contributed by atoms with Crippen LogP contribution in [0.2, 0.25) is 0 Å². The van der Waals surface area contributed by atoms with Gasteiger partial charge in [-0.05, 0) is 44.1 Å². The van der Waals surface area contributed by atoms with E-state index in [1.807, 2.05) is 0 Å². The Morgan fingerprint density at radius 3 is 2.67 bits per heavy atom. The third kappa shape index (κ3) is 3.53. The number of hydrogen-bond acceptors (Lipinski definition) is 3. The van der Waals surface area contributed by atoms with E-state index in [4.69, 9.17) is 0 Å². The molecule has 0 bridgehead atoms. The minimum atomic E-state index is -4.39. The monoisotopic (exact) mass is 340 g/mol. The van der Waals surface area contributed by atoms with Gasteiger partial charge in [-0.15, -0.1) is 0 Å². The number of imidazole rings is 1. The number of fused-ring (bicyclic) bond motifs is 1. The average molecular weight is 340 g/mol. The summed E-state index contributed by atoms with van der Waals surface area (Å²) in [5.74, 6) is 0.430. The lowest BCUT2D eigenvalue weighted by molar-refractivity contribution is -0.137. The highest BCUT2D eigenvalue weighted by Gasteiger charge is 2.31. The summed E-state index contributed by atoms with van der Waals surface area (Å²) in [6.45, 7) is 2.40. The van der Waals surface area contributed by atoms with Gasteiger partial charge in [0.2, 0.25) is 5.91 Å². The zero-order chi connectivity index (χ0) is 17.3. The van der Waals surface area contributed by atoms with Gasteiger partial charge in [-0.3, -0.25) is 9.69 Å². The first kappa shape index (κ1) is 16.8. The van der Waals surface area contributed by atoms with Crippen molar-refractivity contribution in [1.82, 2.24) is 19.8 Å². The Balaban J connectivity index is 1.70. The van der Waals surface area contributed by atoms with Gasteiger partial charge in [-0.2, -0.15) is 13.2 Å². The molecule has 1 aliphatic rings. The van der Waals surface area contributed by atoms with E-state index in [1.165, 1.54) is 6.07 Å². The number of aryl methyl sites for hydroxylation is 1. The maximum absolute atomic E-state index is 12.8. The highest BCUT2D eigenvalue weighted by atomic mass is 19.4. The molecule has 1 saturated heterocycles. The van der Waals surface area contributed by atoms with E-state index < -0.39 is 11.7 Å².